The fraction of sp³-hybridized carbons (Fsp3) is 0.150. The summed E-state index contributed by atoms with van der Waals surface area (Å²) in [6, 6.07) is 17.6. The van der Waals surface area contributed by atoms with E-state index in [9.17, 15) is 15.4 Å². The Morgan fingerprint density at radius 2 is 1.93 bits per heavy atom. The maximum atomic E-state index is 10.9. The van der Waals surface area contributed by atoms with Crippen LogP contribution in [0.3, 0.4) is 0 Å². The van der Waals surface area contributed by atoms with E-state index in [2.05, 4.69) is 16.5 Å². The Hall–Kier alpha value is -4.37. The highest BCUT2D eigenvalue weighted by atomic mass is 16.6. The SMILES string of the molecule is N#Cc1cc(NCCCc2nn(-c3ccccc3)c(N)c2C#N)ccc1[N+](=O)[O-]. The second kappa shape index (κ2) is 8.55. The second-order valence-electron chi connectivity index (χ2n) is 6.20. The van der Waals surface area contributed by atoms with E-state index >= 15 is 0 Å². The quantitative estimate of drug-likeness (QED) is 0.359. The molecule has 0 amide bonds. The number of nitrogen functional groups attached to an aromatic ring is 1. The van der Waals surface area contributed by atoms with Gasteiger partial charge in [0.15, 0.2) is 0 Å². The molecular formula is C20H17N7O2. The van der Waals surface area contributed by atoms with Crippen LogP contribution < -0.4 is 11.1 Å². The Morgan fingerprint density at radius 1 is 1.17 bits per heavy atom. The van der Waals surface area contributed by atoms with Crippen LogP contribution in [0.2, 0.25) is 0 Å². The number of aromatic nitrogens is 2. The van der Waals surface area contributed by atoms with Gasteiger partial charge in [-0.2, -0.15) is 15.6 Å². The maximum Gasteiger partial charge on any atom is 0.287 e. The molecule has 1 heterocycles. The Bertz CT molecular complexity index is 1120. The summed E-state index contributed by atoms with van der Waals surface area (Å²) < 4.78 is 1.55. The van der Waals surface area contributed by atoms with Crippen LogP contribution >= 0.6 is 0 Å². The van der Waals surface area contributed by atoms with Gasteiger partial charge >= 0.3 is 0 Å². The molecule has 0 bridgehead atoms. The van der Waals surface area contributed by atoms with Crippen molar-refractivity contribution in [3.8, 4) is 17.8 Å². The summed E-state index contributed by atoms with van der Waals surface area (Å²) in [6.07, 6.45) is 1.18. The van der Waals surface area contributed by atoms with Crippen molar-refractivity contribution < 1.29 is 4.92 Å². The fourth-order valence-electron chi connectivity index (χ4n) is 2.92. The number of hydrogen-bond donors (Lipinski definition) is 2. The van der Waals surface area contributed by atoms with E-state index in [0.29, 0.717) is 42.1 Å². The van der Waals surface area contributed by atoms with E-state index in [-0.39, 0.29) is 11.3 Å². The molecule has 3 aromatic rings. The molecule has 3 N–H and O–H groups in total. The number of benzene rings is 2. The van der Waals surface area contributed by atoms with Gasteiger partial charge in [-0.05, 0) is 37.1 Å². The molecule has 0 fully saturated rings. The van der Waals surface area contributed by atoms with E-state index in [1.807, 2.05) is 36.4 Å². The highest BCUT2D eigenvalue weighted by Gasteiger charge is 2.16. The monoisotopic (exact) mass is 387 g/mol. The first-order valence-corrected chi connectivity index (χ1v) is 8.80. The fourth-order valence-corrected chi connectivity index (χ4v) is 2.92. The molecule has 3 rings (SSSR count). The van der Waals surface area contributed by atoms with E-state index in [4.69, 9.17) is 11.0 Å². The van der Waals surface area contributed by atoms with Gasteiger partial charge in [0, 0.05) is 18.3 Å². The molecule has 29 heavy (non-hydrogen) atoms. The molecule has 144 valence electrons. The van der Waals surface area contributed by atoms with Crippen LogP contribution in [-0.2, 0) is 6.42 Å². The smallest absolute Gasteiger partial charge is 0.287 e. The molecular weight excluding hydrogens is 370 g/mol. The average molecular weight is 387 g/mol. The molecule has 9 nitrogen and oxygen atoms in total. The summed E-state index contributed by atoms with van der Waals surface area (Å²) in [6.45, 7) is 0.533. The lowest BCUT2D eigenvalue weighted by molar-refractivity contribution is -0.385. The van der Waals surface area contributed by atoms with Gasteiger partial charge in [-0.25, -0.2) is 4.68 Å². The molecule has 2 aromatic carbocycles. The van der Waals surface area contributed by atoms with Crippen molar-refractivity contribution in [2.45, 2.75) is 12.8 Å². The number of nitro groups is 1. The largest absolute Gasteiger partial charge is 0.385 e. The predicted octanol–water partition coefficient (Wildman–Crippen LogP) is 3.15. The summed E-state index contributed by atoms with van der Waals surface area (Å²) in [5.41, 5.74) is 8.22. The first kappa shape index (κ1) is 19.4. The van der Waals surface area contributed by atoms with Crippen molar-refractivity contribution in [3.63, 3.8) is 0 Å². The number of aryl methyl sites for hydroxylation is 1. The molecule has 0 aliphatic rings. The topological polar surface area (TPSA) is 147 Å². The number of hydrogen-bond acceptors (Lipinski definition) is 7. The van der Waals surface area contributed by atoms with Crippen LogP contribution in [0.4, 0.5) is 17.2 Å². The van der Waals surface area contributed by atoms with Crippen LogP contribution in [0.1, 0.15) is 23.2 Å². The van der Waals surface area contributed by atoms with Crippen molar-refractivity contribution in [1.82, 2.24) is 9.78 Å². The molecule has 9 heteroatoms. The summed E-state index contributed by atoms with van der Waals surface area (Å²) in [7, 11) is 0. The number of rotatable bonds is 7. The van der Waals surface area contributed by atoms with Crippen LogP contribution in [0.15, 0.2) is 48.5 Å². The minimum Gasteiger partial charge on any atom is -0.385 e. The molecule has 0 atom stereocenters. The van der Waals surface area contributed by atoms with Crippen molar-refractivity contribution in [1.29, 1.82) is 10.5 Å². The Balaban J connectivity index is 1.66. The van der Waals surface area contributed by atoms with Gasteiger partial charge in [-0.1, -0.05) is 18.2 Å². The molecule has 0 saturated carbocycles. The Kier molecular flexibility index (Phi) is 5.71. The van der Waals surface area contributed by atoms with Gasteiger partial charge in [0.25, 0.3) is 5.69 Å². The van der Waals surface area contributed by atoms with E-state index in [1.54, 1.807) is 10.7 Å². The lowest BCUT2D eigenvalue weighted by Gasteiger charge is -2.06. The zero-order valence-electron chi connectivity index (χ0n) is 15.4. The van der Waals surface area contributed by atoms with Gasteiger partial charge in [0.1, 0.15) is 29.1 Å². The zero-order chi connectivity index (χ0) is 20.8. The third-order valence-corrected chi connectivity index (χ3v) is 4.34. The number of anilines is 2. The van der Waals surface area contributed by atoms with Gasteiger partial charge in [-0.15, -0.1) is 0 Å². The third-order valence-electron chi connectivity index (χ3n) is 4.34. The van der Waals surface area contributed by atoms with Crippen molar-refractivity contribution in [2.24, 2.45) is 0 Å². The summed E-state index contributed by atoms with van der Waals surface area (Å²) in [4.78, 5) is 10.3. The van der Waals surface area contributed by atoms with E-state index < -0.39 is 4.92 Å². The first-order valence-electron chi connectivity index (χ1n) is 8.80. The summed E-state index contributed by atoms with van der Waals surface area (Å²) >= 11 is 0. The number of nitrogens with zero attached hydrogens (tertiary/aromatic N) is 5. The molecule has 1 aromatic heterocycles. The molecule has 0 saturated heterocycles. The van der Waals surface area contributed by atoms with Crippen LogP contribution in [-0.4, -0.2) is 21.2 Å². The Morgan fingerprint density at radius 3 is 2.59 bits per heavy atom. The van der Waals surface area contributed by atoms with Crippen LogP contribution in [0, 0.1) is 32.8 Å². The summed E-state index contributed by atoms with van der Waals surface area (Å²) in [5, 5.41) is 37.0. The Labute approximate surface area is 166 Å². The zero-order valence-corrected chi connectivity index (χ0v) is 15.4. The van der Waals surface area contributed by atoms with E-state index in [1.165, 1.54) is 12.1 Å². The number of nitrogens with two attached hydrogens (primary N) is 1. The molecule has 0 radical (unpaired) electrons. The predicted molar refractivity (Wildman–Crippen MR) is 107 cm³/mol. The second-order valence-corrected chi connectivity index (χ2v) is 6.20. The lowest BCUT2D eigenvalue weighted by atomic mass is 10.1. The van der Waals surface area contributed by atoms with Gasteiger partial charge in [-0.3, -0.25) is 10.1 Å². The minimum absolute atomic E-state index is 0.00106. The number of para-hydroxylation sites is 1. The molecule has 0 aliphatic carbocycles. The maximum absolute atomic E-state index is 10.9. The van der Waals surface area contributed by atoms with Crippen molar-refractivity contribution in [2.75, 3.05) is 17.6 Å². The number of nitriles is 2. The minimum atomic E-state index is -0.584. The van der Waals surface area contributed by atoms with Gasteiger partial charge in [0.05, 0.1) is 16.3 Å². The van der Waals surface area contributed by atoms with Crippen LogP contribution in [0.5, 0.6) is 0 Å². The van der Waals surface area contributed by atoms with Gasteiger partial charge in [0.2, 0.25) is 0 Å². The average Bonchev–Trinajstić information content (AvgIpc) is 3.06. The highest BCUT2D eigenvalue weighted by molar-refractivity contribution is 5.59. The first-order chi connectivity index (χ1) is 14.0. The molecule has 0 aliphatic heterocycles. The third kappa shape index (κ3) is 4.15. The van der Waals surface area contributed by atoms with E-state index in [0.717, 1.165) is 5.69 Å². The highest BCUT2D eigenvalue weighted by Crippen LogP contribution is 2.23. The number of nitrogens with one attached hydrogen (secondary N) is 1. The van der Waals surface area contributed by atoms with Gasteiger partial charge < -0.3 is 11.1 Å². The molecule has 0 spiro atoms. The van der Waals surface area contributed by atoms with Crippen LogP contribution in [0.25, 0.3) is 5.69 Å². The standard InChI is InChI=1S/C20H17N7O2/c21-12-14-11-15(8-9-19(14)27(28)29)24-10-4-7-18-17(13-22)20(23)26(25-18)16-5-2-1-3-6-16/h1-3,5-6,8-9,11,24H,4,7,10,23H2. The normalized spacial score (nSPS) is 10.1. The lowest BCUT2D eigenvalue weighted by Crippen LogP contribution is -2.05. The number of nitro benzene ring substituents is 1. The van der Waals surface area contributed by atoms with Crippen molar-refractivity contribution >= 4 is 17.2 Å². The van der Waals surface area contributed by atoms with Crippen molar-refractivity contribution in [3.05, 3.63) is 75.5 Å². The summed E-state index contributed by atoms with van der Waals surface area (Å²) in [5.74, 6) is 0.302. The molecule has 0 unspecified atom stereocenters.